The summed E-state index contributed by atoms with van der Waals surface area (Å²) in [4.78, 5) is 14.5. The van der Waals surface area contributed by atoms with Crippen molar-refractivity contribution in [2.45, 2.75) is 68.3 Å². The lowest BCUT2D eigenvalue weighted by Gasteiger charge is -2.27. The number of rotatable bonds is 16. The number of methoxy groups -OCH3 is 3. The molecule has 66 heavy (non-hydrogen) atoms. The summed E-state index contributed by atoms with van der Waals surface area (Å²) in [5.74, 6) is 1.54. The molecular formula is C46H53N9O9S2. The van der Waals surface area contributed by atoms with Crippen LogP contribution in [0, 0.1) is 0 Å². The van der Waals surface area contributed by atoms with Gasteiger partial charge in [0.1, 0.15) is 32.6 Å². The molecule has 6 aromatic rings. The van der Waals surface area contributed by atoms with Crippen molar-refractivity contribution in [2.24, 2.45) is 0 Å². The Morgan fingerprint density at radius 3 is 1.88 bits per heavy atom. The Bertz CT molecular complexity index is 2860. The first-order valence-corrected chi connectivity index (χ1v) is 23.8. The number of tetrazole rings is 1. The third-order valence-electron chi connectivity index (χ3n) is 10.8. The lowest BCUT2D eigenvalue weighted by atomic mass is 9.97. The minimum absolute atomic E-state index is 0.0245. The number of ether oxygens (including phenoxy) is 4. The van der Waals surface area contributed by atoms with Crippen molar-refractivity contribution in [3.8, 4) is 39.8 Å². The molecule has 5 N–H and O–H groups in total. The highest BCUT2D eigenvalue weighted by atomic mass is 32.2. The molecule has 2 heterocycles. The summed E-state index contributed by atoms with van der Waals surface area (Å²) >= 11 is 0. The van der Waals surface area contributed by atoms with Gasteiger partial charge in [-0.25, -0.2) is 26.4 Å². The number of benzene rings is 5. The molecule has 0 spiro atoms. The van der Waals surface area contributed by atoms with Crippen molar-refractivity contribution in [2.75, 3.05) is 45.9 Å². The molecule has 1 amide bonds. The molecule has 0 radical (unpaired) electrons. The van der Waals surface area contributed by atoms with E-state index in [2.05, 4.69) is 20.1 Å². The van der Waals surface area contributed by atoms with Gasteiger partial charge in [0.25, 0.3) is 0 Å². The molecule has 1 aliphatic rings. The highest BCUT2D eigenvalue weighted by Gasteiger charge is 2.40. The lowest BCUT2D eigenvalue weighted by Crippen LogP contribution is -2.41. The van der Waals surface area contributed by atoms with Crippen LogP contribution in [0.1, 0.15) is 43.9 Å². The Hall–Kier alpha value is -6.74. The molecule has 7 rings (SSSR count). The summed E-state index contributed by atoms with van der Waals surface area (Å²) in [6.07, 6.45) is -0.372. The van der Waals surface area contributed by atoms with Crippen LogP contribution in [0.4, 0.5) is 16.2 Å². The van der Waals surface area contributed by atoms with Crippen LogP contribution in [0.25, 0.3) is 22.5 Å². The number of hydrogen-bond acceptors (Lipinski definition) is 14. The maximum atomic E-state index is 16.0. The van der Waals surface area contributed by atoms with Gasteiger partial charge in [-0.05, 0) is 103 Å². The van der Waals surface area contributed by atoms with Gasteiger partial charge in [0, 0.05) is 37.8 Å². The van der Waals surface area contributed by atoms with Crippen molar-refractivity contribution < 1.29 is 40.6 Å². The zero-order valence-corrected chi connectivity index (χ0v) is 39.1. The maximum Gasteiger partial charge on any atom is 0.410 e. The van der Waals surface area contributed by atoms with E-state index in [1.807, 2.05) is 12.1 Å². The normalized spacial score (nSPS) is 14.3. The number of nitrogens with two attached hydrogens (primary N) is 2. The number of para-hydroxylation sites is 1. The SMILES string of the molecule is COc1ccc(CN(Cc2ccc(OC)cc2)S(=O)(=O)c2c(S(=O)(=O)N[C@@H]3CCN(C(=O)OC(C)(C)C)C3)ccc(-c3cccc(N)c3N)c2-c2nnn(Cc3ccc(OC)cc3)n2)cc1. The van der Waals surface area contributed by atoms with Crippen LogP contribution in [0.3, 0.4) is 0 Å². The molecule has 1 saturated heterocycles. The second-order valence-corrected chi connectivity index (χ2v) is 20.2. The van der Waals surface area contributed by atoms with E-state index < -0.39 is 47.6 Å². The van der Waals surface area contributed by atoms with Gasteiger partial charge in [0.05, 0.1) is 44.8 Å². The number of nitrogens with zero attached hydrogens (tertiary/aromatic N) is 6. The first-order valence-electron chi connectivity index (χ1n) is 20.9. The number of nitrogens with one attached hydrogen (secondary N) is 1. The molecule has 18 nitrogen and oxygen atoms in total. The third kappa shape index (κ3) is 10.7. The molecule has 1 aromatic heterocycles. The molecule has 0 unspecified atom stereocenters. The van der Waals surface area contributed by atoms with E-state index in [1.54, 1.807) is 107 Å². The number of nitrogen functional groups attached to an aromatic ring is 2. The van der Waals surface area contributed by atoms with E-state index in [0.717, 1.165) is 5.56 Å². The van der Waals surface area contributed by atoms with Gasteiger partial charge in [0.15, 0.2) is 0 Å². The Balaban J connectivity index is 1.45. The van der Waals surface area contributed by atoms with Crippen molar-refractivity contribution in [3.05, 3.63) is 120 Å². The smallest absolute Gasteiger partial charge is 0.410 e. The van der Waals surface area contributed by atoms with Crippen LogP contribution in [0.15, 0.2) is 113 Å². The quantitative estimate of drug-likeness (QED) is 0.0956. The number of sulfonamides is 2. The van der Waals surface area contributed by atoms with Gasteiger partial charge in [-0.15, -0.1) is 10.2 Å². The fraction of sp³-hybridized carbons (Fsp3) is 0.304. The minimum atomic E-state index is -4.95. The van der Waals surface area contributed by atoms with Gasteiger partial charge in [-0.3, -0.25) is 0 Å². The first kappa shape index (κ1) is 47.2. The topological polar surface area (TPSA) is 236 Å². The number of likely N-dealkylation sites (tertiary alicyclic amines) is 1. The Labute approximate surface area is 384 Å². The molecule has 1 aliphatic heterocycles. The van der Waals surface area contributed by atoms with Crippen LogP contribution in [0.2, 0.25) is 0 Å². The third-order valence-corrected chi connectivity index (χ3v) is 14.4. The van der Waals surface area contributed by atoms with E-state index in [1.165, 1.54) is 40.4 Å². The number of hydrogen-bond donors (Lipinski definition) is 3. The lowest BCUT2D eigenvalue weighted by molar-refractivity contribution is 0.0292. The van der Waals surface area contributed by atoms with Crippen molar-refractivity contribution in [3.63, 3.8) is 0 Å². The summed E-state index contributed by atoms with van der Waals surface area (Å²) in [5, 5.41) is 13.4. The number of carbonyl (C=O) groups excluding carboxylic acids is 1. The first-order chi connectivity index (χ1) is 31.4. The van der Waals surface area contributed by atoms with Crippen LogP contribution >= 0.6 is 0 Å². The Morgan fingerprint density at radius 1 is 0.773 bits per heavy atom. The van der Waals surface area contributed by atoms with Crippen molar-refractivity contribution >= 4 is 37.5 Å². The van der Waals surface area contributed by atoms with Gasteiger partial charge < -0.3 is 35.3 Å². The van der Waals surface area contributed by atoms with Gasteiger partial charge >= 0.3 is 6.09 Å². The molecule has 0 saturated carbocycles. The molecule has 1 atom stereocenters. The second-order valence-electron chi connectivity index (χ2n) is 16.6. The predicted molar refractivity (Wildman–Crippen MR) is 249 cm³/mol. The van der Waals surface area contributed by atoms with Crippen LogP contribution < -0.4 is 30.4 Å². The molecule has 20 heteroatoms. The molecular weight excluding hydrogens is 887 g/mol. The molecule has 0 bridgehead atoms. The zero-order chi connectivity index (χ0) is 47.4. The Morgan fingerprint density at radius 2 is 1.33 bits per heavy atom. The average Bonchev–Trinajstić information content (AvgIpc) is 3.96. The van der Waals surface area contributed by atoms with Gasteiger partial charge in [0.2, 0.25) is 25.9 Å². The average molecular weight is 940 g/mol. The van der Waals surface area contributed by atoms with Crippen LogP contribution in [-0.4, -0.2) is 98.4 Å². The summed E-state index contributed by atoms with van der Waals surface area (Å²) in [7, 11) is -5.10. The van der Waals surface area contributed by atoms with E-state index in [4.69, 9.17) is 30.4 Å². The summed E-state index contributed by atoms with van der Waals surface area (Å²) in [5.41, 5.74) is 14.7. The summed E-state index contributed by atoms with van der Waals surface area (Å²) in [6.45, 7) is 5.09. The van der Waals surface area contributed by atoms with E-state index in [9.17, 15) is 4.79 Å². The number of carbonyl (C=O) groups is 1. The zero-order valence-electron chi connectivity index (χ0n) is 37.5. The largest absolute Gasteiger partial charge is 0.497 e. The summed E-state index contributed by atoms with van der Waals surface area (Å²) < 4.78 is 87.6. The van der Waals surface area contributed by atoms with E-state index in [0.29, 0.717) is 33.9 Å². The van der Waals surface area contributed by atoms with Crippen LogP contribution in [-0.2, 0) is 44.4 Å². The van der Waals surface area contributed by atoms with Crippen molar-refractivity contribution in [1.82, 2.24) is 34.1 Å². The maximum absolute atomic E-state index is 16.0. The summed E-state index contributed by atoms with van der Waals surface area (Å²) in [6, 6.07) is 27.7. The van der Waals surface area contributed by atoms with Gasteiger partial charge in [-0.2, -0.15) is 9.10 Å². The van der Waals surface area contributed by atoms with Crippen molar-refractivity contribution in [1.29, 1.82) is 0 Å². The van der Waals surface area contributed by atoms with E-state index >= 15 is 16.8 Å². The highest BCUT2D eigenvalue weighted by molar-refractivity contribution is 7.92. The highest BCUT2D eigenvalue weighted by Crippen LogP contribution is 2.44. The second kappa shape index (κ2) is 19.4. The number of anilines is 2. The standard InChI is InChI=1S/C46H53N9O9S2/c1-46(2,3)64-45(56)53-25-24-33(29-53)51-65(57,58)40-23-22-37(38-8-7-9-39(47)42(38)48)41(44-49-52-55(50-44)28-32-14-20-36(63-6)21-15-32)43(40)66(59,60)54(26-30-10-16-34(61-4)17-11-30)27-31-12-18-35(62-5)19-13-31/h7-23,33,51H,24-29,47-48H2,1-6H3/t33-/m1/s1. The van der Waals surface area contributed by atoms with Gasteiger partial charge in [-0.1, -0.05) is 54.6 Å². The molecule has 1 fully saturated rings. The Kier molecular flexibility index (Phi) is 13.9. The fourth-order valence-electron chi connectivity index (χ4n) is 7.46. The number of amides is 1. The molecule has 5 aromatic carbocycles. The number of aromatic nitrogens is 4. The minimum Gasteiger partial charge on any atom is -0.497 e. The van der Waals surface area contributed by atoms with E-state index in [-0.39, 0.29) is 67.5 Å². The molecule has 0 aliphatic carbocycles. The molecule has 348 valence electrons. The fourth-order valence-corrected chi connectivity index (χ4v) is 11.1. The predicted octanol–water partition coefficient (Wildman–Crippen LogP) is 5.92. The monoisotopic (exact) mass is 939 g/mol. The van der Waals surface area contributed by atoms with Crippen LogP contribution in [0.5, 0.6) is 17.2 Å².